The van der Waals surface area contributed by atoms with Gasteiger partial charge in [0, 0.05) is 19.3 Å². The van der Waals surface area contributed by atoms with Gasteiger partial charge in [0.05, 0.1) is 0 Å². The molecular weight excluding hydrogens is 913 g/mol. The van der Waals surface area contributed by atoms with E-state index in [9.17, 15) is 14.4 Å². The summed E-state index contributed by atoms with van der Waals surface area (Å²) in [5, 5.41) is 0. The summed E-state index contributed by atoms with van der Waals surface area (Å²) < 4.78 is 16.9. The van der Waals surface area contributed by atoms with Crippen molar-refractivity contribution in [2.45, 2.75) is 290 Å². The predicted octanol–water partition coefficient (Wildman–Crippen LogP) is 21.0. The molecule has 0 spiro atoms. The van der Waals surface area contributed by atoms with Crippen LogP contribution in [0, 0.1) is 0 Å². The van der Waals surface area contributed by atoms with Crippen LogP contribution >= 0.6 is 0 Å². The molecule has 0 saturated carbocycles. The number of carbonyl (C=O) groups is 3. The number of ether oxygens (including phenoxy) is 3. The fourth-order valence-electron chi connectivity index (χ4n) is 8.36. The Bertz CT molecular complexity index is 1510. The first-order valence-corrected chi connectivity index (χ1v) is 30.9. The second-order valence-corrected chi connectivity index (χ2v) is 20.2. The fraction of sp³-hybridized carbons (Fsp3) is 0.691. The first-order valence-electron chi connectivity index (χ1n) is 30.9. The van der Waals surface area contributed by atoms with Crippen LogP contribution in [0.5, 0.6) is 0 Å². The van der Waals surface area contributed by atoms with Gasteiger partial charge in [0.2, 0.25) is 0 Å². The summed E-state index contributed by atoms with van der Waals surface area (Å²) in [5.41, 5.74) is 0. The topological polar surface area (TPSA) is 78.9 Å². The Balaban J connectivity index is 4.34. The molecule has 0 aromatic heterocycles. The molecule has 0 fully saturated rings. The van der Waals surface area contributed by atoms with Crippen molar-refractivity contribution in [3.63, 3.8) is 0 Å². The minimum atomic E-state index is -0.794. The Morgan fingerprint density at radius 2 is 0.554 bits per heavy atom. The zero-order chi connectivity index (χ0) is 53.6. The average molecular weight is 1030 g/mol. The van der Waals surface area contributed by atoms with Crippen LogP contribution in [0.1, 0.15) is 284 Å². The lowest BCUT2D eigenvalue weighted by molar-refractivity contribution is -0.167. The van der Waals surface area contributed by atoms with Crippen LogP contribution in [0.4, 0.5) is 0 Å². The average Bonchev–Trinajstić information content (AvgIpc) is 3.40. The fourth-order valence-corrected chi connectivity index (χ4v) is 8.36. The van der Waals surface area contributed by atoms with Crippen LogP contribution in [-0.2, 0) is 28.6 Å². The smallest absolute Gasteiger partial charge is 0.306 e. The number of rotatable bonds is 55. The van der Waals surface area contributed by atoms with Gasteiger partial charge in [0.15, 0.2) is 6.10 Å². The molecule has 0 amide bonds. The Morgan fingerprint density at radius 3 is 0.892 bits per heavy atom. The SMILES string of the molecule is CC/C=C\C/C=C\C/C=C\C/C=C\C/C=C\C/C=C\CCCCCCCCCCC(=O)OCC(COC(=O)CCCCCCC/C=C\C/C=C\CCC)OC(=O)CCCCCCC/C=C\CCCCCCCCC. The lowest BCUT2D eigenvalue weighted by Crippen LogP contribution is -2.30. The third-order valence-electron chi connectivity index (χ3n) is 13.0. The van der Waals surface area contributed by atoms with E-state index in [0.29, 0.717) is 19.3 Å². The third-order valence-corrected chi connectivity index (χ3v) is 13.0. The number of carbonyl (C=O) groups excluding carboxylic acids is 3. The van der Waals surface area contributed by atoms with Crippen molar-refractivity contribution in [2.75, 3.05) is 13.2 Å². The second-order valence-electron chi connectivity index (χ2n) is 20.2. The normalized spacial score (nSPS) is 12.9. The zero-order valence-electron chi connectivity index (χ0n) is 48.3. The van der Waals surface area contributed by atoms with Crippen molar-refractivity contribution in [3.8, 4) is 0 Å². The highest BCUT2D eigenvalue weighted by atomic mass is 16.6. The number of unbranched alkanes of at least 4 members (excludes halogenated alkanes) is 26. The van der Waals surface area contributed by atoms with Gasteiger partial charge >= 0.3 is 17.9 Å². The molecule has 0 rings (SSSR count). The van der Waals surface area contributed by atoms with E-state index in [4.69, 9.17) is 14.2 Å². The molecule has 0 aliphatic rings. The summed E-state index contributed by atoms with van der Waals surface area (Å²) in [4.78, 5) is 38.2. The summed E-state index contributed by atoms with van der Waals surface area (Å²) in [6.45, 7) is 6.44. The van der Waals surface area contributed by atoms with Crippen LogP contribution in [-0.4, -0.2) is 37.2 Å². The standard InChI is InChI=1S/C68H114O6/c1-4-7-10-13-16-19-22-25-27-29-30-31-32-33-34-35-36-37-38-39-41-43-46-49-52-55-58-61-67(70)73-64-65(63-72-66(69)60-57-54-51-48-45-42-24-21-18-15-12-9-6-3)74-68(71)62-59-56-53-50-47-44-40-28-26-23-20-17-14-11-8-5-2/h7,10,12,15-16,19,21,24-25,27-28,30-31,33-34,36-37,40,65H,4-6,8-9,11,13-14,17-18,20,22-23,26,29,32,35,38-39,41-64H2,1-3H3/b10-7-,15-12-,19-16-,24-21-,27-25-,31-30-,34-33-,37-36-,40-28-. The number of allylic oxidation sites excluding steroid dienone is 18. The Morgan fingerprint density at radius 1 is 0.284 bits per heavy atom. The maximum Gasteiger partial charge on any atom is 0.306 e. The molecule has 0 bridgehead atoms. The van der Waals surface area contributed by atoms with Gasteiger partial charge in [-0.25, -0.2) is 0 Å². The minimum Gasteiger partial charge on any atom is -0.462 e. The molecule has 0 aromatic carbocycles. The quantitative estimate of drug-likeness (QED) is 0.0261. The van der Waals surface area contributed by atoms with Crippen molar-refractivity contribution in [2.24, 2.45) is 0 Å². The minimum absolute atomic E-state index is 0.0909. The van der Waals surface area contributed by atoms with Crippen molar-refractivity contribution in [1.82, 2.24) is 0 Å². The summed E-state index contributed by atoms with van der Waals surface area (Å²) in [7, 11) is 0. The van der Waals surface area contributed by atoms with E-state index in [2.05, 4.69) is 130 Å². The van der Waals surface area contributed by atoms with Crippen molar-refractivity contribution >= 4 is 17.9 Å². The van der Waals surface area contributed by atoms with Crippen molar-refractivity contribution in [3.05, 3.63) is 109 Å². The second kappa shape index (κ2) is 61.6. The van der Waals surface area contributed by atoms with E-state index in [1.165, 1.54) is 96.3 Å². The lowest BCUT2D eigenvalue weighted by Gasteiger charge is -2.18. The zero-order valence-corrected chi connectivity index (χ0v) is 48.3. The molecule has 0 saturated heterocycles. The van der Waals surface area contributed by atoms with Crippen molar-refractivity contribution < 1.29 is 28.6 Å². The molecule has 74 heavy (non-hydrogen) atoms. The van der Waals surface area contributed by atoms with Gasteiger partial charge in [-0.3, -0.25) is 14.4 Å². The molecule has 0 N–H and O–H groups in total. The molecule has 0 aromatic rings. The number of esters is 3. The van der Waals surface area contributed by atoms with E-state index >= 15 is 0 Å². The molecule has 6 heteroatoms. The van der Waals surface area contributed by atoms with Gasteiger partial charge in [-0.05, 0) is 122 Å². The van der Waals surface area contributed by atoms with Crippen LogP contribution in [0.3, 0.4) is 0 Å². The van der Waals surface area contributed by atoms with Crippen molar-refractivity contribution in [1.29, 1.82) is 0 Å². The first kappa shape index (κ1) is 70.1. The first-order chi connectivity index (χ1) is 36.5. The summed E-state index contributed by atoms with van der Waals surface area (Å²) in [6.07, 6.45) is 83.7. The molecule has 0 heterocycles. The molecule has 0 aliphatic carbocycles. The van der Waals surface area contributed by atoms with Crippen LogP contribution in [0.2, 0.25) is 0 Å². The lowest BCUT2D eigenvalue weighted by atomic mass is 10.1. The maximum absolute atomic E-state index is 12.9. The monoisotopic (exact) mass is 1030 g/mol. The highest BCUT2D eigenvalue weighted by Gasteiger charge is 2.19. The van der Waals surface area contributed by atoms with Gasteiger partial charge in [-0.2, -0.15) is 0 Å². The Hall–Kier alpha value is -3.93. The van der Waals surface area contributed by atoms with Gasteiger partial charge in [-0.1, -0.05) is 252 Å². The predicted molar refractivity (Wildman–Crippen MR) is 320 cm³/mol. The van der Waals surface area contributed by atoms with Crippen LogP contribution < -0.4 is 0 Å². The van der Waals surface area contributed by atoms with E-state index in [1.807, 2.05) is 0 Å². The molecule has 422 valence electrons. The molecule has 1 atom stereocenters. The summed E-state index contributed by atoms with van der Waals surface area (Å²) in [5.74, 6) is -0.917. The number of hydrogen-bond acceptors (Lipinski definition) is 6. The van der Waals surface area contributed by atoms with Gasteiger partial charge in [0.1, 0.15) is 13.2 Å². The van der Waals surface area contributed by atoms with Crippen LogP contribution in [0.15, 0.2) is 109 Å². The van der Waals surface area contributed by atoms with Gasteiger partial charge in [-0.15, -0.1) is 0 Å². The Kier molecular flexibility index (Phi) is 58.3. The molecule has 6 nitrogen and oxygen atoms in total. The molecule has 0 radical (unpaired) electrons. The van der Waals surface area contributed by atoms with E-state index < -0.39 is 6.10 Å². The van der Waals surface area contributed by atoms with E-state index in [-0.39, 0.29) is 31.1 Å². The Labute approximate surface area is 457 Å². The summed E-state index contributed by atoms with van der Waals surface area (Å²) >= 11 is 0. The van der Waals surface area contributed by atoms with Crippen LogP contribution in [0.25, 0.3) is 0 Å². The molecule has 0 aliphatic heterocycles. The molecular formula is C68H114O6. The molecule has 1 unspecified atom stereocenters. The number of hydrogen-bond donors (Lipinski definition) is 0. The van der Waals surface area contributed by atoms with Gasteiger partial charge in [0.25, 0.3) is 0 Å². The highest BCUT2D eigenvalue weighted by Crippen LogP contribution is 2.15. The highest BCUT2D eigenvalue weighted by molar-refractivity contribution is 5.71. The van der Waals surface area contributed by atoms with E-state index in [1.54, 1.807) is 0 Å². The maximum atomic E-state index is 12.9. The van der Waals surface area contributed by atoms with E-state index in [0.717, 1.165) is 148 Å². The largest absolute Gasteiger partial charge is 0.462 e. The van der Waals surface area contributed by atoms with Gasteiger partial charge < -0.3 is 14.2 Å². The summed E-state index contributed by atoms with van der Waals surface area (Å²) in [6, 6.07) is 0. The third kappa shape index (κ3) is 59.0.